The quantitative estimate of drug-likeness (QED) is 0.769. The molecule has 1 aromatic carbocycles. The molecule has 1 aromatic rings. The lowest BCUT2D eigenvalue weighted by molar-refractivity contribution is 0.472. The van der Waals surface area contributed by atoms with Gasteiger partial charge in [-0.15, -0.1) is 11.8 Å². The number of nitrogens with two attached hydrogens (primary N) is 1. The van der Waals surface area contributed by atoms with E-state index in [1.807, 2.05) is 0 Å². The summed E-state index contributed by atoms with van der Waals surface area (Å²) < 4.78 is 12.7. The molecule has 0 heterocycles. The summed E-state index contributed by atoms with van der Waals surface area (Å²) >= 11 is 1.70. The Labute approximate surface area is 102 Å². The van der Waals surface area contributed by atoms with E-state index in [9.17, 15) is 4.39 Å². The number of hydrogen-bond donors (Lipinski definition) is 1. The molecule has 0 aliphatic heterocycles. The first-order valence-electron chi connectivity index (χ1n) is 5.75. The highest BCUT2D eigenvalue weighted by Crippen LogP contribution is 2.20. The van der Waals surface area contributed by atoms with Gasteiger partial charge >= 0.3 is 0 Å². The van der Waals surface area contributed by atoms with Crippen molar-refractivity contribution in [2.75, 3.05) is 5.75 Å². The smallest absolute Gasteiger partial charge is 0.123 e. The lowest BCUT2D eigenvalue weighted by Crippen LogP contribution is -2.25. The van der Waals surface area contributed by atoms with E-state index >= 15 is 0 Å². The molecule has 16 heavy (non-hydrogen) atoms. The maximum Gasteiger partial charge on any atom is 0.123 e. The summed E-state index contributed by atoms with van der Waals surface area (Å²) in [5.41, 5.74) is 6.03. The van der Waals surface area contributed by atoms with E-state index in [2.05, 4.69) is 13.8 Å². The molecule has 2 N–H and O–H groups in total. The first kappa shape index (κ1) is 13.5. The zero-order valence-corrected chi connectivity index (χ0v) is 10.8. The third-order valence-corrected chi connectivity index (χ3v) is 3.88. The van der Waals surface area contributed by atoms with Crippen molar-refractivity contribution >= 4 is 11.8 Å². The van der Waals surface area contributed by atoms with Crippen LogP contribution in [0.4, 0.5) is 4.39 Å². The average molecular weight is 241 g/mol. The van der Waals surface area contributed by atoms with Gasteiger partial charge in [-0.3, -0.25) is 0 Å². The molecular weight excluding hydrogens is 221 g/mol. The molecule has 0 fully saturated rings. The van der Waals surface area contributed by atoms with E-state index in [1.54, 1.807) is 23.9 Å². The van der Waals surface area contributed by atoms with Gasteiger partial charge in [-0.2, -0.15) is 0 Å². The van der Waals surface area contributed by atoms with Crippen LogP contribution in [0.2, 0.25) is 0 Å². The molecule has 1 nitrogen and oxygen atoms in total. The van der Waals surface area contributed by atoms with Gasteiger partial charge in [-0.25, -0.2) is 4.39 Å². The maximum absolute atomic E-state index is 12.7. The molecule has 0 aliphatic carbocycles. The SMILES string of the molecule is CCC(C)CC(N)CSc1ccc(F)cc1. The molecule has 1 rings (SSSR count). The molecule has 3 heteroatoms. The van der Waals surface area contributed by atoms with E-state index < -0.39 is 0 Å². The topological polar surface area (TPSA) is 26.0 Å². The van der Waals surface area contributed by atoms with Crippen LogP contribution in [0.5, 0.6) is 0 Å². The maximum atomic E-state index is 12.7. The Hall–Kier alpha value is -0.540. The van der Waals surface area contributed by atoms with Gasteiger partial charge in [0, 0.05) is 16.7 Å². The van der Waals surface area contributed by atoms with Gasteiger partial charge < -0.3 is 5.73 Å². The van der Waals surface area contributed by atoms with Gasteiger partial charge in [-0.05, 0) is 36.6 Å². The van der Waals surface area contributed by atoms with Crippen LogP contribution in [-0.2, 0) is 0 Å². The van der Waals surface area contributed by atoms with Crippen LogP contribution < -0.4 is 5.73 Å². The van der Waals surface area contributed by atoms with Crippen LogP contribution in [0.15, 0.2) is 29.2 Å². The van der Waals surface area contributed by atoms with Gasteiger partial charge in [0.15, 0.2) is 0 Å². The first-order chi connectivity index (χ1) is 7.61. The predicted octanol–water partition coefficient (Wildman–Crippen LogP) is 3.68. The van der Waals surface area contributed by atoms with Crippen LogP contribution in [0.1, 0.15) is 26.7 Å². The third kappa shape index (κ3) is 4.99. The second kappa shape index (κ2) is 6.92. The Morgan fingerprint density at radius 1 is 1.31 bits per heavy atom. The molecule has 0 aromatic heterocycles. The number of benzene rings is 1. The standard InChI is InChI=1S/C13H20FNS/c1-3-10(2)8-12(15)9-16-13-6-4-11(14)5-7-13/h4-7,10,12H,3,8-9,15H2,1-2H3. The van der Waals surface area contributed by atoms with Crippen LogP contribution in [0, 0.1) is 11.7 Å². The zero-order chi connectivity index (χ0) is 12.0. The van der Waals surface area contributed by atoms with Crippen molar-refractivity contribution in [2.24, 2.45) is 11.7 Å². The number of halogens is 1. The van der Waals surface area contributed by atoms with Gasteiger partial charge in [0.25, 0.3) is 0 Å². The second-order valence-electron chi connectivity index (χ2n) is 4.27. The van der Waals surface area contributed by atoms with Gasteiger partial charge in [0.2, 0.25) is 0 Å². The van der Waals surface area contributed by atoms with E-state index in [1.165, 1.54) is 18.6 Å². The van der Waals surface area contributed by atoms with Gasteiger partial charge in [0.1, 0.15) is 5.82 Å². The van der Waals surface area contributed by atoms with Gasteiger partial charge in [-0.1, -0.05) is 20.3 Å². The second-order valence-corrected chi connectivity index (χ2v) is 5.37. The summed E-state index contributed by atoms with van der Waals surface area (Å²) in [6.45, 7) is 4.41. The highest BCUT2D eigenvalue weighted by Gasteiger charge is 2.08. The molecular formula is C13H20FNS. The minimum Gasteiger partial charge on any atom is -0.327 e. The minimum atomic E-state index is -0.187. The van der Waals surface area contributed by atoms with E-state index in [0.29, 0.717) is 5.92 Å². The molecule has 0 saturated carbocycles. The highest BCUT2D eigenvalue weighted by atomic mass is 32.2. The normalized spacial score (nSPS) is 14.8. The van der Waals surface area contributed by atoms with E-state index in [-0.39, 0.29) is 11.9 Å². The third-order valence-electron chi connectivity index (χ3n) is 2.68. The van der Waals surface area contributed by atoms with Crippen molar-refractivity contribution in [1.29, 1.82) is 0 Å². The van der Waals surface area contributed by atoms with Gasteiger partial charge in [0.05, 0.1) is 0 Å². The van der Waals surface area contributed by atoms with Crippen molar-refractivity contribution in [1.82, 2.24) is 0 Å². The Morgan fingerprint density at radius 2 is 1.94 bits per heavy atom. The van der Waals surface area contributed by atoms with Crippen LogP contribution >= 0.6 is 11.8 Å². The summed E-state index contributed by atoms with van der Waals surface area (Å²) in [4.78, 5) is 1.08. The predicted molar refractivity (Wildman–Crippen MR) is 69.2 cm³/mol. The van der Waals surface area contributed by atoms with Crippen molar-refractivity contribution in [3.05, 3.63) is 30.1 Å². The van der Waals surface area contributed by atoms with Crippen molar-refractivity contribution in [3.8, 4) is 0 Å². The minimum absolute atomic E-state index is 0.187. The molecule has 0 saturated heterocycles. The molecule has 2 atom stereocenters. The fourth-order valence-electron chi connectivity index (χ4n) is 1.49. The first-order valence-corrected chi connectivity index (χ1v) is 6.74. The molecule has 0 bridgehead atoms. The lowest BCUT2D eigenvalue weighted by atomic mass is 10.0. The average Bonchev–Trinajstić information content (AvgIpc) is 2.28. The Bertz CT molecular complexity index is 299. The van der Waals surface area contributed by atoms with Crippen molar-refractivity contribution in [3.63, 3.8) is 0 Å². The Morgan fingerprint density at radius 3 is 2.50 bits per heavy atom. The van der Waals surface area contributed by atoms with E-state index in [4.69, 9.17) is 5.73 Å². The number of thioether (sulfide) groups is 1. The molecule has 0 aliphatic rings. The Kier molecular flexibility index (Phi) is 5.85. The largest absolute Gasteiger partial charge is 0.327 e. The highest BCUT2D eigenvalue weighted by molar-refractivity contribution is 7.99. The summed E-state index contributed by atoms with van der Waals surface area (Å²) in [6, 6.07) is 6.81. The Balaban J connectivity index is 2.31. The van der Waals surface area contributed by atoms with Crippen molar-refractivity contribution < 1.29 is 4.39 Å². The monoisotopic (exact) mass is 241 g/mol. The lowest BCUT2D eigenvalue weighted by Gasteiger charge is -2.15. The molecule has 0 radical (unpaired) electrons. The molecule has 0 amide bonds. The molecule has 90 valence electrons. The number of rotatable bonds is 6. The summed E-state index contributed by atoms with van der Waals surface area (Å²) in [6.07, 6.45) is 2.24. The zero-order valence-electron chi connectivity index (χ0n) is 9.95. The summed E-state index contributed by atoms with van der Waals surface area (Å²) in [5, 5.41) is 0. The molecule has 2 unspecified atom stereocenters. The summed E-state index contributed by atoms with van der Waals surface area (Å²) in [5.74, 6) is 1.40. The fraction of sp³-hybridized carbons (Fsp3) is 0.538. The van der Waals surface area contributed by atoms with Crippen LogP contribution in [0.3, 0.4) is 0 Å². The number of hydrogen-bond acceptors (Lipinski definition) is 2. The van der Waals surface area contributed by atoms with E-state index in [0.717, 1.165) is 17.1 Å². The van der Waals surface area contributed by atoms with Crippen LogP contribution in [0.25, 0.3) is 0 Å². The molecule has 0 spiro atoms. The van der Waals surface area contributed by atoms with Crippen LogP contribution in [-0.4, -0.2) is 11.8 Å². The van der Waals surface area contributed by atoms with Crippen molar-refractivity contribution in [2.45, 2.75) is 37.6 Å². The summed E-state index contributed by atoms with van der Waals surface area (Å²) in [7, 11) is 0. The fourth-order valence-corrected chi connectivity index (χ4v) is 2.36.